The van der Waals surface area contributed by atoms with Gasteiger partial charge in [0, 0.05) is 41.0 Å². The molecular formula is C37H28N6O14S3. The van der Waals surface area contributed by atoms with E-state index < -0.39 is 72.8 Å². The van der Waals surface area contributed by atoms with Gasteiger partial charge in [0.15, 0.2) is 5.75 Å². The number of hydrogen-bond acceptors (Lipinski definition) is 16. The number of nitrogens with zero attached hydrogens (tertiary/aromatic N) is 5. The minimum Gasteiger partial charge on any atom is -0.506 e. The summed E-state index contributed by atoms with van der Waals surface area (Å²) in [5.74, 6) is -1.34. The number of phenols is 2. The number of nitro benzene ring substituents is 1. The number of fused-ring (bicyclic) bond motifs is 1. The number of nitro groups is 1. The second-order valence-electron chi connectivity index (χ2n) is 12.4. The molecular weight excluding hydrogens is 849 g/mol. The average molecular weight is 877 g/mol. The summed E-state index contributed by atoms with van der Waals surface area (Å²) in [5.41, 5.74) is -1.07. The fraction of sp³-hybridized carbons (Fsp3) is 0.0270. The van der Waals surface area contributed by atoms with E-state index in [-0.39, 0.29) is 44.7 Å². The molecule has 20 nitrogen and oxygen atoms in total. The number of para-hydroxylation sites is 1. The third-order valence-corrected chi connectivity index (χ3v) is 11.1. The fourth-order valence-electron chi connectivity index (χ4n) is 5.62. The molecule has 0 spiro atoms. The third-order valence-electron chi connectivity index (χ3n) is 8.40. The quantitative estimate of drug-likeness (QED) is 0.0208. The van der Waals surface area contributed by atoms with Crippen molar-refractivity contribution in [3.8, 4) is 17.2 Å². The van der Waals surface area contributed by atoms with Gasteiger partial charge in [-0.1, -0.05) is 36.4 Å². The van der Waals surface area contributed by atoms with Gasteiger partial charge in [-0.05, 0) is 71.1 Å². The Kier molecular flexibility index (Phi) is 11.8. The molecule has 6 aromatic carbocycles. The van der Waals surface area contributed by atoms with Crippen LogP contribution in [0.25, 0.3) is 22.9 Å². The van der Waals surface area contributed by atoms with Gasteiger partial charge in [-0.3, -0.25) is 23.8 Å². The highest BCUT2D eigenvalue weighted by atomic mass is 32.2. The molecule has 0 unspecified atom stereocenters. The summed E-state index contributed by atoms with van der Waals surface area (Å²) in [5, 5.41) is 52.2. The third kappa shape index (κ3) is 9.58. The van der Waals surface area contributed by atoms with E-state index in [1.54, 1.807) is 24.3 Å². The van der Waals surface area contributed by atoms with Crippen LogP contribution < -0.4 is 10.1 Å². The molecule has 23 heteroatoms. The number of ether oxygens (including phenoxy) is 1. The van der Waals surface area contributed by atoms with E-state index in [0.29, 0.717) is 11.8 Å². The molecule has 60 heavy (non-hydrogen) atoms. The Labute approximate surface area is 339 Å². The lowest BCUT2D eigenvalue weighted by Gasteiger charge is -2.12. The van der Waals surface area contributed by atoms with Gasteiger partial charge in [-0.15, -0.1) is 15.3 Å². The Balaban J connectivity index is 1.30. The van der Waals surface area contributed by atoms with Gasteiger partial charge in [-0.25, -0.2) is 0 Å². The first-order valence-electron chi connectivity index (χ1n) is 16.6. The zero-order chi connectivity index (χ0) is 43.6. The molecule has 0 aliphatic heterocycles. The van der Waals surface area contributed by atoms with E-state index in [0.717, 1.165) is 60.3 Å². The number of hydrogen-bond donors (Lipinski definition) is 6. The first-order chi connectivity index (χ1) is 28.2. The highest BCUT2D eigenvalue weighted by Gasteiger charge is 2.23. The smallest absolute Gasteiger partial charge is 0.296 e. The Morgan fingerprint density at radius 2 is 1.27 bits per heavy atom. The van der Waals surface area contributed by atoms with Crippen molar-refractivity contribution in [1.29, 1.82) is 0 Å². The Morgan fingerprint density at radius 3 is 1.88 bits per heavy atom. The predicted molar refractivity (Wildman–Crippen MR) is 216 cm³/mol. The van der Waals surface area contributed by atoms with Crippen molar-refractivity contribution in [3.63, 3.8) is 0 Å². The van der Waals surface area contributed by atoms with Crippen molar-refractivity contribution < 1.29 is 58.8 Å². The second-order valence-corrected chi connectivity index (χ2v) is 16.5. The maximum atomic E-state index is 12.4. The number of nitrogens with one attached hydrogen (secondary N) is 1. The zero-order valence-electron chi connectivity index (χ0n) is 30.3. The topological polar surface area (TPSA) is 317 Å². The van der Waals surface area contributed by atoms with E-state index in [1.165, 1.54) is 19.2 Å². The summed E-state index contributed by atoms with van der Waals surface area (Å²) in [6, 6.07) is 22.8. The summed E-state index contributed by atoms with van der Waals surface area (Å²) in [4.78, 5) is 7.88. The first-order valence-corrected chi connectivity index (χ1v) is 20.9. The number of non-ortho nitro benzene ring substituents is 1. The largest absolute Gasteiger partial charge is 0.506 e. The number of methoxy groups -OCH3 is 1. The molecule has 0 aromatic heterocycles. The molecule has 308 valence electrons. The zero-order valence-corrected chi connectivity index (χ0v) is 32.8. The highest BCUT2D eigenvalue weighted by molar-refractivity contribution is 7.86. The van der Waals surface area contributed by atoms with Crippen LogP contribution in [0.15, 0.2) is 138 Å². The summed E-state index contributed by atoms with van der Waals surface area (Å²) >= 11 is 0. The van der Waals surface area contributed by atoms with Crippen molar-refractivity contribution in [2.45, 2.75) is 14.7 Å². The molecule has 0 bridgehead atoms. The van der Waals surface area contributed by atoms with E-state index in [1.807, 2.05) is 18.2 Å². The van der Waals surface area contributed by atoms with Crippen LogP contribution in [0.1, 0.15) is 11.1 Å². The van der Waals surface area contributed by atoms with Crippen molar-refractivity contribution in [3.05, 3.63) is 124 Å². The van der Waals surface area contributed by atoms with Crippen molar-refractivity contribution in [1.82, 2.24) is 0 Å². The molecule has 0 aliphatic rings. The van der Waals surface area contributed by atoms with Crippen molar-refractivity contribution >= 4 is 93.1 Å². The number of aromatic hydroxyl groups is 2. The summed E-state index contributed by atoms with van der Waals surface area (Å²) in [6.07, 6.45) is 2.10. The average Bonchev–Trinajstić information content (AvgIpc) is 3.18. The fourth-order valence-corrected chi connectivity index (χ4v) is 7.68. The first kappa shape index (κ1) is 42.5. The van der Waals surface area contributed by atoms with Crippen LogP contribution >= 0.6 is 0 Å². The standard InChI is InChI=1S/C37H28N6O14S3/c1-57-32-20-29(40-42-36-35(60(54,55)56)16-23-15-25(12-14-28(23)37(36)45)38-24-5-3-2-4-6-24)31(44)19-30(32)41-39-26-11-9-21(33(17-26)58(48,49)50)7-8-22-10-13-27(43(46)47)18-34(22)59(51,52)53/h2-20,38,44-45H,1H3,(H,48,49,50)(H,51,52,53)(H,54,55,56)/b8-7+,41-39?,42-40?. The number of azo groups is 2. The molecule has 0 saturated heterocycles. The van der Waals surface area contributed by atoms with Crippen LogP contribution in [-0.4, -0.2) is 61.2 Å². The van der Waals surface area contributed by atoms with E-state index in [2.05, 4.69) is 25.8 Å². The van der Waals surface area contributed by atoms with Crippen LogP contribution in [0, 0.1) is 10.1 Å². The summed E-state index contributed by atoms with van der Waals surface area (Å²) in [6.45, 7) is 0. The normalized spacial score (nSPS) is 12.5. The Morgan fingerprint density at radius 1 is 0.650 bits per heavy atom. The SMILES string of the molecule is COc1cc(N=Nc2c(S(=O)(=O)O)cc3cc(Nc4ccccc4)ccc3c2O)c(O)cc1N=Nc1ccc(/C=C/c2ccc([N+](=O)[O-])cc2S(=O)(=O)O)c(S(=O)(=O)O)c1. The van der Waals surface area contributed by atoms with Gasteiger partial charge in [0.1, 0.15) is 43.2 Å². The molecule has 6 aromatic rings. The van der Waals surface area contributed by atoms with Crippen LogP contribution in [0.2, 0.25) is 0 Å². The van der Waals surface area contributed by atoms with Crippen LogP contribution in [0.5, 0.6) is 17.2 Å². The Bertz CT molecular complexity index is 3140. The number of benzene rings is 6. The van der Waals surface area contributed by atoms with Gasteiger partial charge < -0.3 is 20.3 Å². The second kappa shape index (κ2) is 16.6. The maximum absolute atomic E-state index is 12.4. The summed E-state index contributed by atoms with van der Waals surface area (Å²) in [7, 11) is -13.7. The molecule has 0 aliphatic carbocycles. The van der Waals surface area contributed by atoms with Crippen LogP contribution in [0.3, 0.4) is 0 Å². The lowest BCUT2D eigenvalue weighted by molar-refractivity contribution is -0.385. The number of rotatable bonds is 13. The molecule has 0 saturated carbocycles. The maximum Gasteiger partial charge on any atom is 0.296 e. The lowest BCUT2D eigenvalue weighted by atomic mass is 10.1. The lowest BCUT2D eigenvalue weighted by Crippen LogP contribution is -2.02. The van der Waals surface area contributed by atoms with Gasteiger partial charge in [0.2, 0.25) is 0 Å². The minimum absolute atomic E-state index is 0.0889. The van der Waals surface area contributed by atoms with Gasteiger partial charge in [0.05, 0.1) is 17.7 Å². The van der Waals surface area contributed by atoms with Gasteiger partial charge in [-0.2, -0.15) is 30.4 Å². The highest BCUT2D eigenvalue weighted by Crippen LogP contribution is 2.45. The molecule has 0 radical (unpaired) electrons. The molecule has 6 rings (SSSR count). The molecule has 0 atom stereocenters. The molecule has 0 fully saturated rings. The number of phenolic OH excluding ortho intramolecular Hbond substituents is 2. The predicted octanol–water partition coefficient (Wildman–Crippen LogP) is 8.65. The molecule has 6 N–H and O–H groups in total. The molecule has 0 heterocycles. The van der Waals surface area contributed by atoms with E-state index >= 15 is 0 Å². The number of anilines is 2. The van der Waals surface area contributed by atoms with Gasteiger partial charge in [0.25, 0.3) is 36.0 Å². The van der Waals surface area contributed by atoms with Crippen LogP contribution in [0.4, 0.5) is 39.8 Å². The molecule has 0 amide bonds. The van der Waals surface area contributed by atoms with E-state index in [9.17, 15) is 59.2 Å². The summed E-state index contributed by atoms with van der Waals surface area (Å²) < 4.78 is 108. The van der Waals surface area contributed by atoms with Gasteiger partial charge >= 0.3 is 0 Å². The van der Waals surface area contributed by atoms with Crippen molar-refractivity contribution in [2.24, 2.45) is 20.5 Å². The minimum atomic E-state index is -4.99. The Hall–Kier alpha value is -7.15. The van der Waals surface area contributed by atoms with Crippen molar-refractivity contribution in [2.75, 3.05) is 12.4 Å². The van der Waals surface area contributed by atoms with Crippen LogP contribution in [-0.2, 0) is 30.4 Å². The van der Waals surface area contributed by atoms with E-state index in [4.69, 9.17) is 4.74 Å². The monoisotopic (exact) mass is 876 g/mol.